The minimum Gasteiger partial charge on any atom is -0.504 e. The summed E-state index contributed by atoms with van der Waals surface area (Å²) < 4.78 is 54.7. The van der Waals surface area contributed by atoms with Gasteiger partial charge in [-0.25, -0.2) is 16.8 Å². The highest BCUT2D eigenvalue weighted by Gasteiger charge is 2.37. The summed E-state index contributed by atoms with van der Waals surface area (Å²) >= 11 is 0. The Labute approximate surface area is 230 Å². The minimum absolute atomic E-state index is 0.185. The van der Waals surface area contributed by atoms with E-state index in [1.807, 2.05) is 0 Å². The fraction of sp³-hybridized carbons (Fsp3) is 0.357. The average molecular weight is 578 g/mol. The molecule has 0 fully saturated rings. The van der Waals surface area contributed by atoms with Gasteiger partial charge in [-0.05, 0) is 54.8 Å². The van der Waals surface area contributed by atoms with Gasteiger partial charge in [-0.15, -0.1) is 0 Å². The predicted octanol–water partition coefficient (Wildman–Crippen LogP) is 5.78. The van der Waals surface area contributed by atoms with Crippen LogP contribution in [0.2, 0.25) is 0 Å². The Bertz CT molecular complexity index is 1390. The molecule has 0 unspecified atom stereocenters. The molecule has 0 aliphatic heterocycles. The number of hydrogen-bond acceptors (Lipinski definition) is 8. The fourth-order valence-electron chi connectivity index (χ4n) is 4.17. The molecule has 39 heavy (non-hydrogen) atoms. The van der Waals surface area contributed by atoms with Crippen molar-refractivity contribution in [2.45, 2.75) is 74.5 Å². The van der Waals surface area contributed by atoms with E-state index in [0.29, 0.717) is 0 Å². The van der Waals surface area contributed by atoms with Crippen molar-refractivity contribution in [3.05, 3.63) is 66.2 Å². The van der Waals surface area contributed by atoms with Crippen molar-refractivity contribution < 1.29 is 37.3 Å². The van der Waals surface area contributed by atoms with Crippen LogP contribution in [-0.2, 0) is 26.5 Å². The summed E-state index contributed by atoms with van der Waals surface area (Å²) in [6.07, 6.45) is 10.1. The molecule has 0 aliphatic rings. The molecule has 3 aromatic rings. The van der Waals surface area contributed by atoms with E-state index in [9.17, 15) is 37.3 Å². The third kappa shape index (κ3) is 7.36. The van der Waals surface area contributed by atoms with Gasteiger partial charge in [0.2, 0.25) is 0 Å². The lowest BCUT2D eigenvalue weighted by Gasteiger charge is -2.24. The van der Waals surface area contributed by atoms with Gasteiger partial charge >= 0.3 is 0 Å². The molecule has 0 saturated carbocycles. The van der Waals surface area contributed by atoms with Crippen LogP contribution < -0.4 is 3.71 Å². The van der Waals surface area contributed by atoms with E-state index in [1.165, 1.54) is 44.2 Å². The van der Waals surface area contributed by atoms with E-state index in [4.69, 9.17) is 0 Å². The van der Waals surface area contributed by atoms with Gasteiger partial charge in [-0.3, -0.25) is 0 Å². The Morgan fingerprint density at radius 2 is 1.00 bits per heavy atom. The smallest absolute Gasteiger partial charge is 0.277 e. The summed E-state index contributed by atoms with van der Waals surface area (Å²) in [5.41, 5.74) is 0.735. The van der Waals surface area contributed by atoms with Crippen LogP contribution in [0.4, 0.5) is 5.69 Å². The Hall–Kier alpha value is -3.44. The highest BCUT2D eigenvalue weighted by atomic mass is 32.3. The van der Waals surface area contributed by atoms with Crippen LogP contribution >= 0.6 is 0 Å². The molecule has 3 aromatic carbocycles. The summed E-state index contributed by atoms with van der Waals surface area (Å²) in [5, 5.41) is 39.0. The Kier molecular flexibility index (Phi) is 10.1. The fourth-order valence-corrected chi connectivity index (χ4v) is 7.91. The van der Waals surface area contributed by atoms with E-state index in [-0.39, 0.29) is 9.40 Å². The number of phenols is 4. The maximum absolute atomic E-state index is 13.6. The summed E-state index contributed by atoms with van der Waals surface area (Å²) in [4.78, 5) is -1.15. The zero-order valence-corrected chi connectivity index (χ0v) is 23.5. The van der Waals surface area contributed by atoms with Crippen LogP contribution in [0.1, 0.15) is 63.9 Å². The first-order valence-corrected chi connectivity index (χ1v) is 15.8. The topological polar surface area (TPSA) is 152 Å². The lowest BCUT2D eigenvalue weighted by Crippen LogP contribution is -2.37. The number of benzene rings is 3. The summed E-state index contributed by atoms with van der Waals surface area (Å²) in [6, 6.07) is 11.4. The monoisotopic (exact) mass is 577 g/mol. The van der Waals surface area contributed by atoms with Gasteiger partial charge in [0.1, 0.15) is 0 Å². The second-order valence-corrected chi connectivity index (χ2v) is 13.2. The molecular formula is C28H35NO8S2. The molecule has 212 valence electrons. The summed E-state index contributed by atoms with van der Waals surface area (Å²) in [6.45, 7) is 2.19. The van der Waals surface area contributed by atoms with Gasteiger partial charge in [-0.2, -0.15) is 3.71 Å². The molecule has 0 atom stereocenters. The minimum atomic E-state index is -4.84. The third-order valence-electron chi connectivity index (χ3n) is 6.39. The molecular weight excluding hydrogens is 542 g/mol. The van der Waals surface area contributed by atoms with Crippen molar-refractivity contribution in [1.82, 2.24) is 0 Å². The van der Waals surface area contributed by atoms with Crippen LogP contribution in [0.5, 0.6) is 23.0 Å². The van der Waals surface area contributed by atoms with Crippen molar-refractivity contribution in [3.8, 4) is 23.0 Å². The van der Waals surface area contributed by atoms with E-state index in [1.54, 1.807) is 12.1 Å². The summed E-state index contributed by atoms with van der Waals surface area (Å²) in [5.74, 6) is -2.62. The average Bonchev–Trinajstić information content (AvgIpc) is 2.89. The first-order chi connectivity index (χ1) is 18.5. The molecule has 4 N–H and O–H groups in total. The number of anilines is 1. The molecule has 11 heteroatoms. The van der Waals surface area contributed by atoms with Gasteiger partial charge in [0.05, 0.1) is 15.5 Å². The van der Waals surface area contributed by atoms with E-state index in [0.717, 1.165) is 67.6 Å². The molecule has 0 aromatic heterocycles. The Morgan fingerprint density at radius 1 is 0.564 bits per heavy atom. The molecule has 0 radical (unpaired) electrons. The number of rotatable bonds is 14. The van der Waals surface area contributed by atoms with E-state index >= 15 is 0 Å². The Morgan fingerprint density at radius 3 is 1.44 bits per heavy atom. The quantitative estimate of drug-likeness (QED) is 0.139. The first-order valence-electron chi connectivity index (χ1n) is 12.9. The van der Waals surface area contributed by atoms with Crippen LogP contribution in [0.15, 0.2) is 70.5 Å². The summed E-state index contributed by atoms with van der Waals surface area (Å²) in [7, 11) is -9.68. The van der Waals surface area contributed by atoms with Crippen molar-refractivity contribution in [2.24, 2.45) is 0 Å². The number of phenolic OH excluding ortho intramolecular Hbond substituents is 4. The van der Waals surface area contributed by atoms with Gasteiger partial charge in [-0.1, -0.05) is 64.0 Å². The third-order valence-corrected chi connectivity index (χ3v) is 10.6. The van der Waals surface area contributed by atoms with E-state index < -0.39 is 52.8 Å². The SMILES string of the molecule is CCCCCCCCCCc1ccc(N(S(=O)(=O)c2ccc(O)c(O)c2)S(=O)(=O)c2ccc(O)c(O)c2)cc1. The van der Waals surface area contributed by atoms with Gasteiger partial charge in [0.25, 0.3) is 20.0 Å². The van der Waals surface area contributed by atoms with E-state index in [2.05, 4.69) is 6.92 Å². The molecule has 0 spiro atoms. The second kappa shape index (κ2) is 13.1. The van der Waals surface area contributed by atoms with Crippen LogP contribution in [0.25, 0.3) is 0 Å². The maximum atomic E-state index is 13.6. The van der Waals surface area contributed by atoms with Crippen molar-refractivity contribution in [1.29, 1.82) is 0 Å². The number of sulfonamides is 2. The van der Waals surface area contributed by atoms with Gasteiger partial charge < -0.3 is 20.4 Å². The number of aryl methyl sites for hydroxylation is 1. The maximum Gasteiger partial charge on any atom is 0.277 e. The predicted molar refractivity (Wildman–Crippen MR) is 149 cm³/mol. The van der Waals surface area contributed by atoms with Crippen molar-refractivity contribution >= 4 is 25.7 Å². The van der Waals surface area contributed by atoms with Crippen LogP contribution in [-0.4, -0.2) is 37.3 Å². The second-order valence-electron chi connectivity index (χ2n) is 9.40. The van der Waals surface area contributed by atoms with Gasteiger partial charge in [0, 0.05) is 12.1 Å². The Balaban J connectivity index is 1.90. The standard InChI is InChI=1S/C28H35NO8S2/c1-2-3-4-5-6-7-8-9-10-21-11-13-22(14-12-21)29(38(34,35)23-15-17-25(30)27(32)19-23)39(36,37)24-16-18-26(31)28(33)20-24/h11-20,30-33H,2-10H2,1H3. The van der Waals surface area contributed by atoms with Crippen molar-refractivity contribution in [2.75, 3.05) is 3.71 Å². The van der Waals surface area contributed by atoms with Crippen molar-refractivity contribution in [3.63, 3.8) is 0 Å². The lowest BCUT2D eigenvalue weighted by molar-refractivity contribution is 0.402. The highest BCUT2D eigenvalue weighted by Crippen LogP contribution is 2.36. The van der Waals surface area contributed by atoms with Gasteiger partial charge in [0.15, 0.2) is 23.0 Å². The molecule has 9 nitrogen and oxygen atoms in total. The zero-order valence-electron chi connectivity index (χ0n) is 21.8. The molecule has 3 rings (SSSR count). The van der Waals surface area contributed by atoms with Crippen LogP contribution in [0, 0.1) is 0 Å². The highest BCUT2D eigenvalue weighted by molar-refractivity contribution is 8.10. The molecule has 0 aliphatic carbocycles. The largest absolute Gasteiger partial charge is 0.504 e. The lowest BCUT2D eigenvalue weighted by atomic mass is 10.0. The molecule has 0 bridgehead atoms. The molecule has 0 amide bonds. The number of hydrogen-bond donors (Lipinski definition) is 4. The first kappa shape index (κ1) is 30.1. The number of nitrogens with zero attached hydrogens (tertiary/aromatic N) is 1. The molecule has 0 heterocycles. The molecule has 0 saturated heterocycles. The number of aromatic hydroxyl groups is 4. The number of unbranched alkanes of at least 4 members (excludes halogenated alkanes) is 7. The van der Waals surface area contributed by atoms with Crippen LogP contribution in [0.3, 0.4) is 0 Å². The zero-order chi connectivity index (χ0) is 28.6. The normalized spacial score (nSPS) is 11.9.